The summed E-state index contributed by atoms with van der Waals surface area (Å²) in [7, 11) is 0. The van der Waals surface area contributed by atoms with Crippen LogP contribution in [0.2, 0.25) is 0 Å². The van der Waals surface area contributed by atoms with Gasteiger partial charge in [-0.25, -0.2) is 24.3 Å². The van der Waals surface area contributed by atoms with Crippen LogP contribution in [0.1, 0.15) is 31.5 Å². The van der Waals surface area contributed by atoms with Crippen LogP contribution < -0.4 is 0 Å². The maximum Gasteiger partial charge on any atom is 0.179 e. The lowest BCUT2D eigenvalue weighted by Crippen LogP contribution is -2.46. The summed E-state index contributed by atoms with van der Waals surface area (Å²) < 4.78 is 13.8. The van der Waals surface area contributed by atoms with Gasteiger partial charge in [0, 0.05) is 27.8 Å². The molecule has 2 heterocycles. The Morgan fingerprint density at radius 3 is 2.61 bits per heavy atom. The second-order valence-corrected chi connectivity index (χ2v) is 9.72. The zero-order valence-electron chi connectivity index (χ0n) is 19.9. The highest BCUT2D eigenvalue weighted by Gasteiger charge is 2.49. The number of Topliss-reactive ketones (excluding diaryl/α,β-unsaturated/α-hetero) is 1. The van der Waals surface area contributed by atoms with Gasteiger partial charge in [-0.2, -0.15) is 5.26 Å². The molecule has 0 fully saturated rings. The van der Waals surface area contributed by atoms with E-state index >= 15 is 0 Å². The van der Waals surface area contributed by atoms with Gasteiger partial charge in [-0.15, -0.1) is 0 Å². The Balaban J connectivity index is 1.68. The van der Waals surface area contributed by atoms with Crippen LogP contribution in [0.4, 0.5) is 4.39 Å². The minimum Gasteiger partial charge on any atom is -0.293 e. The molecule has 7 heteroatoms. The number of halogens is 1. The molecule has 2 aliphatic carbocycles. The van der Waals surface area contributed by atoms with Crippen molar-refractivity contribution in [2.45, 2.75) is 32.1 Å². The standard InChI is InChI=1S/C29H22FN5O/c1-16-22-12-11-21-24(17-7-9-19(30)10-8-17)34-28(25-20-5-3-4-6-23(20)32-15-33-25)35-27(21)29(22,2)13-18(14-31)26(16)36/h3-10,13,15-16,22H,11-12H2,1-2H3/t16?,22?,29-/m1/s1. The number of hydrogen-bond donors (Lipinski definition) is 0. The predicted octanol–water partition coefficient (Wildman–Crippen LogP) is 5.38. The number of fused-ring (bicyclic) bond motifs is 4. The van der Waals surface area contributed by atoms with Crippen molar-refractivity contribution in [2.24, 2.45) is 11.8 Å². The largest absolute Gasteiger partial charge is 0.293 e. The average Bonchev–Trinajstić information content (AvgIpc) is 2.90. The van der Waals surface area contributed by atoms with Crippen molar-refractivity contribution in [1.29, 1.82) is 5.26 Å². The number of rotatable bonds is 2. The molecule has 36 heavy (non-hydrogen) atoms. The van der Waals surface area contributed by atoms with Gasteiger partial charge in [0.2, 0.25) is 0 Å². The summed E-state index contributed by atoms with van der Waals surface area (Å²) in [5, 5.41) is 10.5. The Kier molecular flexibility index (Phi) is 5.01. The maximum atomic E-state index is 13.8. The summed E-state index contributed by atoms with van der Waals surface area (Å²) in [6, 6.07) is 16.1. The number of carbonyl (C=O) groups is 1. The monoisotopic (exact) mass is 475 g/mol. The number of benzene rings is 2. The SMILES string of the molecule is CC1C(=O)C(C#N)=C[C@@]2(C)c3nc(-c4ncnc5ccccc45)nc(-c4ccc(F)cc4)c3CCC12. The average molecular weight is 476 g/mol. The third-order valence-electron chi connectivity index (χ3n) is 7.71. The molecule has 4 aromatic rings. The minimum absolute atomic E-state index is 0.000520. The van der Waals surface area contributed by atoms with Crippen molar-refractivity contribution in [2.75, 3.05) is 0 Å². The molecular formula is C29H22FN5O. The second kappa shape index (κ2) is 8.13. The zero-order valence-corrected chi connectivity index (χ0v) is 19.9. The number of nitriles is 1. The molecule has 0 N–H and O–H groups in total. The quantitative estimate of drug-likeness (QED) is 0.386. The van der Waals surface area contributed by atoms with E-state index in [1.165, 1.54) is 18.5 Å². The molecule has 0 aliphatic heterocycles. The topological polar surface area (TPSA) is 92.4 Å². The molecule has 2 aliphatic rings. The van der Waals surface area contributed by atoms with Crippen LogP contribution in [0.5, 0.6) is 0 Å². The highest BCUT2D eigenvalue weighted by Crippen LogP contribution is 2.51. The molecule has 6 nitrogen and oxygen atoms in total. The van der Waals surface area contributed by atoms with Gasteiger partial charge in [-0.05, 0) is 49.1 Å². The first-order valence-corrected chi connectivity index (χ1v) is 12.0. The van der Waals surface area contributed by atoms with E-state index in [9.17, 15) is 14.4 Å². The first-order chi connectivity index (χ1) is 17.4. The van der Waals surface area contributed by atoms with Crippen LogP contribution in [0.3, 0.4) is 0 Å². The molecule has 2 aromatic heterocycles. The Bertz CT molecular complexity index is 1620. The van der Waals surface area contributed by atoms with Crippen molar-refractivity contribution in [3.05, 3.63) is 83.6 Å². The van der Waals surface area contributed by atoms with E-state index in [2.05, 4.69) is 23.0 Å². The van der Waals surface area contributed by atoms with E-state index in [0.29, 0.717) is 23.6 Å². The van der Waals surface area contributed by atoms with E-state index in [4.69, 9.17) is 9.97 Å². The smallest absolute Gasteiger partial charge is 0.179 e. The van der Waals surface area contributed by atoms with Gasteiger partial charge in [0.1, 0.15) is 23.9 Å². The van der Waals surface area contributed by atoms with Crippen molar-refractivity contribution in [3.63, 3.8) is 0 Å². The number of ketones is 1. The number of allylic oxidation sites excluding steroid dienone is 2. The molecule has 0 amide bonds. The van der Waals surface area contributed by atoms with Gasteiger partial charge in [-0.3, -0.25) is 4.79 Å². The molecule has 2 aromatic carbocycles. The lowest BCUT2D eigenvalue weighted by Gasteiger charge is -2.45. The molecule has 2 unspecified atom stereocenters. The van der Waals surface area contributed by atoms with E-state index < -0.39 is 5.41 Å². The molecule has 0 saturated heterocycles. The Labute approximate surface area is 207 Å². The van der Waals surface area contributed by atoms with Crippen LogP contribution in [0.25, 0.3) is 33.7 Å². The normalized spacial score (nSPS) is 22.9. The highest BCUT2D eigenvalue weighted by molar-refractivity contribution is 6.02. The highest BCUT2D eigenvalue weighted by atomic mass is 19.1. The number of para-hydroxylation sites is 1. The molecule has 0 saturated carbocycles. The van der Waals surface area contributed by atoms with Crippen LogP contribution in [0, 0.1) is 29.0 Å². The summed E-state index contributed by atoms with van der Waals surface area (Å²) >= 11 is 0. The van der Waals surface area contributed by atoms with Crippen LogP contribution in [-0.2, 0) is 16.6 Å². The zero-order chi connectivity index (χ0) is 25.0. The molecule has 176 valence electrons. The third-order valence-corrected chi connectivity index (χ3v) is 7.71. The van der Waals surface area contributed by atoms with Gasteiger partial charge >= 0.3 is 0 Å². The Morgan fingerprint density at radius 1 is 1.06 bits per heavy atom. The Morgan fingerprint density at radius 2 is 1.83 bits per heavy atom. The van der Waals surface area contributed by atoms with Crippen LogP contribution >= 0.6 is 0 Å². The lowest BCUT2D eigenvalue weighted by atomic mass is 9.57. The molecule has 0 spiro atoms. The summed E-state index contributed by atoms with van der Waals surface area (Å²) in [5.74, 6) is -0.295. The number of carbonyl (C=O) groups excluding carboxylic acids is 1. The number of aromatic nitrogens is 4. The van der Waals surface area contributed by atoms with Crippen LogP contribution in [-0.4, -0.2) is 25.7 Å². The van der Waals surface area contributed by atoms with E-state index in [-0.39, 0.29) is 29.0 Å². The fraction of sp³-hybridized carbons (Fsp3) is 0.241. The van der Waals surface area contributed by atoms with Gasteiger partial charge < -0.3 is 0 Å². The Hall–Kier alpha value is -4.31. The number of hydrogen-bond acceptors (Lipinski definition) is 6. The first kappa shape index (κ1) is 22.2. The van der Waals surface area contributed by atoms with E-state index in [0.717, 1.165) is 34.1 Å². The molecular weight excluding hydrogens is 453 g/mol. The summed E-state index contributed by atoms with van der Waals surface area (Å²) in [6.45, 7) is 3.96. The van der Waals surface area contributed by atoms with Gasteiger partial charge in [0.05, 0.1) is 22.5 Å². The van der Waals surface area contributed by atoms with Gasteiger partial charge in [-0.1, -0.05) is 38.1 Å². The number of nitrogens with zero attached hydrogens (tertiary/aromatic N) is 5. The predicted molar refractivity (Wildman–Crippen MR) is 133 cm³/mol. The van der Waals surface area contributed by atoms with Crippen LogP contribution in [0.15, 0.2) is 66.5 Å². The molecule has 0 radical (unpaired) electrons. The third kappa shape index (κ3) is 3.25. The van der Waals surface area contributed by atoms with E-state index in [1.807, 2.05) is 31.2 Å². The minimum atomic E-state index is -0.638. The fourth-order valence-corrected chi connectivity index (χ4v) is 5.91. The van der Waals surface area contributed by atoms with Crippen molar-refractivity contribution in [3.8, 4) is 28.8 Å². The van der Waals surface area contributed by atoms with Crippen molar-refractivity contribution >= 4 is 16.7 Å². The summed E-state index contributed by atoms with van der Waals surface area (Å²) in [6.07, 6.45) is 4.73. The maximum absolute atomic E-state index is 13.8. The second-order valence-electron chi connectivity index (χ2n) is 9.72. The summed E-state index contributed by atoms with van der Waals surface area (Å²) in [5.41, 5.74) is 4.15. The van der Waals surface area contributed by atoms with Crippen molar-refractivity contribution in [1.82, 2.24) is 19.9 Å². The van der Waals surface area contributed by atoms with Gasteiger partial charge in [0.25, 0.3) is 0 Å². The molecule has 0 bridgehead atoms. The summed E-state index contributed by atoms with van der Waals surface area (Å²) in [4.78, 5) is 31.8. The first-order valence-electron chi connectivity index (χ1n) is 12.0. The lowest BCUT2D eigenvalue weighted by molar-refractivity contribution is -0.121. The molecule has 6 rings (SSSR count). The molecule has 3 atom stereocenters. The van der Waals surface area contributed by atoms with Gasteiger partial charge in [0.15, 0.2) is 11.6 Å². The fourth-order valence-electron chi connectivity index (χ4n) is 5.91. The van der Waals surface area contributed by atoms with Crippen molar-refractivity contribution < 1.29 is 9.18 Å². The van der Waals surface area contributed by atoms with E-state index in [1.54, 1.807) is 18.2 Å².